The fraction of sp³-hybridized carbons (Fsp3) is 0.167. The first-order valence-electron chi connectivity index (χ1n) is 7.71. The number of nitrogens with one attached hydrogen (secondary N) is 1. The topological polar surface area (TPSA) is 98.2 Å². The molecule has 0 aliphatic rings. The van der Waals surface area contributed by atoms with Gasteiger partial charge >= 0.3 is 5.97 Å². The molecule has 8 heteroatoms. The second-order valence-electron chi connectivity index (χ2n) is 5.78. The summed E-state index contributed by atoms with van der Waals surface area (Å²) in [5.41, 5.74) is 2.68. The molecule has 0 radical (unpaired) electrons. The number of carbonyl (C=O) groups excluding carboxylic acids is 1. The number of ether oxygens (including phenoxy) is 1. The van der Waals surface area contributed by atoms with Crippen LogP contribution >= 0.6 is 0 Å². The molecule has 2 heterocycles. The maximum absolute atomic E-state index is 12.1. The summed E-state index contributed by atoms with van der Waals surface area (Å²) in [7, 11) is -1.98. The van der Waals surface area contributed by atoms with Gasteiger partial charge < -0.3 is 10.1 Å². The number of rotatable bonds is 4. The first-order chi connectivity index (χ1) is 12.3. The number of aryl methyl sites for hydroxylation is 1. The van der Waals surface area contributed by atoms with Crippen LogP contribution in [0.25, 0.3) is 11.0 Å². The van der Waals surface area contributed by atoms with Crippen molar-refractivity contribution < 1.29 is 17.9 Å². The SMILES string of the molecule is COC(=O)c1cnc2nc(C)ccc2c1Nc1ccc(S(C)(=O)=O)cc1. The Morgan fingerprint density at radius 1 is 1.12 bits per heavy atom. The second-order valence-corrected chi connectivity index (χ2v) is 7.80. The Hall–Kier alpha value is -3.00. The van der Waals surface area contributed by atoms with E-state index in [-0.39, 0.29) is 10.5 Å². The number of hydrogen-bond acceptors (Lipinski definition) is 7. The van der Waals surface area contributed by atoms with Crippen molar-refractivity contribution in [2.75, 3.05) is 18.7 Å². The van der Waals surface area contributed by atoms with Crippen molar-refractivity contribution in [1.29, 1.82) is 0 Å². The van der Waals surface area contributed by atoms with Crippen molar-refractivity contribution in [3.63, 3.8) is 0 Å². The first kappa shape index (κ1) is 17.8. The van der Waals surface area contributed by atoms with Crippen LogP contribution in [0, 0.1) is 6.92 Å². The smallest absolute Gasteiger partial charge is 0.341 e. The standard InChI is InChI=1S/C18H17N3O4S/c1-11-4-9-14-16(15(18(22)25-2)10-19-17(14)20-11)21-12-5-7-13(8-6-12)26(3,23)24/h4-10H,1-3H3,(H,19,20,21). The van der Waals surface area contributed by atoms with Crippen molar-refractivity contribution >= 4 is 38.2 Å². The van der Waals surface area contributed by atoms with Crippen LogP contribution in [0.1, 0.15) is 16.1 Å². The van der Waals surface area contributed by atoms with Crippen LogP contribution < -0.4 is 5.32 Å². The van der Waals surface area contributed by atoms with Crippen LogP contribution in [0.15, 0.2) is 47.5 Å². The normalized spacial score (nSPS) is 11.3. The molecule has 0 spiro atoms. The molecule has 26 heavy (non-hydrogen) atoms. The van der Waals surface area contributed by atoms with Crippen LogP contribution in [-0.2, 0) is 14.6 Å². The highest BCUT2D eigenvalue weighted by atomic mass is 32.2. The molecule has 0 aliphatic heterocycles. The lowest BCUT2D eigenvalue weighted by Crippen LogP contribution is -2.08. The third-order valence-electron chi connectivity index (χ3n) is 3.83. The number of anilines is 2. The minimum Gasteiger partial charge on any atom is -0.465 e. The molecule has 0 atom stereocenters. The van der Waals surface area contributed by atoms with E-state index in [0.717, 1.165) is 11.9 Å². The molecule has 134 valence electrons. The van der Waals surface area contributed by atoms with Gasteiger partial charge in [0, 0.05) is 29.2 Å². The van der Waals surface area contributed by atoms with Crippen molar-refractivity contribution in [3.05, 3.63) is 53.9 Å². The molecule has 0 saturated carbocycles. The maximum Gasteiger partial charge on any atom is 0.341 e. The third kappa shape index (κ3) is 3.50. The average molecular weight is 371 g/mol. The Morgan fingerprint density at radius 2 is 1.81 bits per heavy atom. The van der Waals surface area contributed by atoms with Crippen LogP contribution in [-0.4, -0.2) is 37.7 Å². The van der Waals surface area contributed by atoms with Crippen molar-refractivity contribution in [3.8, 4) is 0 Å². The minimum atomic E-state index is -3.28. The van der Waals surface area contributed by atoms with Gasteiger partial charge in [0.15, 0.2) is 15.5 Å². The third-order valence-corrected chi connectivity index (χ3v) is 4.95. The molecule has 1 N–H and O–H groups in total. The molecular weight excluding hydrogens is 354 g/mol. The van der Waals surface area contributed by atoms with Gasteiger partial charge in [-0.2, -0.15) is 0 Å². The summed E-state index contributed by atoms with van der Waals surface area (Å²) in [6, 6.07) is 9.91. The summed E-state index contributed by atoms with van der Waals surface area (Å²) in [5.74, 6) is -0.532. The van der Waals surface area contributed by atoms with Crippen LogP contribution in [0.3, 0.4) is 0 Å². The van der Waals surface area contributed by atoms with Crippen molar-refractivity contribution in [2.45, 2.75) is 11.8 Å². The van der Waals surface area contributed by atoms with E-state index in [1.54, 1.807) is 12.1 Å². The quantitative estimate of drug-likeness (QED) is 0.704. The first-order valence-corrected chi connectivity index (χ1v) is 9.60. The molecule has 0 aliphatic carbocycles. The van der Waals surface area contributed by atoms with Gasteiger partial charge in [0.1, 0.15) is 5.56 Å². The summed E-state index contributed by atoms with van der Waals surface area (Å²) < 4.78 is 28.0. The molecular formula is C18H17N3O4S. The van der Waals surface area contributed by atoms with E-state index >= 15 is 0 Å². The summed E-state index contributed by atoms with van der Waals surface area (Å²) in [6.45, 7) is 1.85. The molecule has 3 aromatic rings. The van der Waals surface area contributed by atoms with Crippen molar-refractivity contribution in [1.82, 2.24) is 9.97 Å². The lowest BCUT2D eigenvalue weighted by atomic mass is 10.1. The van der Waals surface area contributed by atoms with E-state index in [1.807, 2.05) is 19.1 Å². The van der Waals surface area contributed by atoms with Gasteiger partial charge in [0.05, 0.1) is 17.7 Å². The minimum absolute atomic E-state index is 0.216. The molecule has 0 bridgehead atoms. The number of fused-ring (bicyclic) bond motifs is 1. The van der Waals surface area contributed by atoms with Crippen LogP contribution in [0.2, 0.25) is 0 Å². The van der Waals surface area contributed by atoms with E-state index in [9.17, 15) is 13.2 Å². The highest BCUT2D eigenvalue weighted by Gasteiger charge is 2.17. The van der Waals surface area contributed by atoms with Gasteiger partial charge in [-0.3, -0.25) is 0 Å². The second kappa shape index (κ2) is 6.72. The lowest BCUT2D eigenvalue weighted by molar-refractivity contribution is 0.0601. The number of sulfone groups is 1. The Balaban J connectivity index is 2.11. The Bertz CT molecular complexity index is 1090. The fourth-order valence-corrected chi connectivity index (χ4v) is 3.13. The Kier molecular flexibility index (Phi) is 4.60. The molecule has 0 saturated heterocycles. The Morgan fingerprint density at radius 3 is 2.42 bits per heavy atom. The van der Waals surface area contributed by atoms with Gasteiger partial charge in [-0.05, 0) is 43.3 Å². The van der Waals surface area contributed by atoms with Crippen LogP contribution in [0.5, 0.6) is 0 Å². The number of pyridine rings is 2. The zero-order valence-corrected chi connectivity index (χ0v) is 15.3. The highest BCUT2D eigenvalue weighted by Crippen LogP contribution is 2.29. The molecule has 0 fully saturated rings. The van der Waals surface area contributed by atoms with E-state index < -0.39 is 15.8 Å². The summed E-state index contributed by atoms with van der Waals surface area (Å²) in [5, 5.41) is 3.81. The molecule has 0 unspecified atom stereocenters. The fourth-order valence-electron chi connectivity index (χ4n) is 2.50. The average Bonchev–Trinajstić information content (AvgIpc) is 2.60. The van der Waals surface area contributed by atoms with E-state index in [1.165, 1.54) is 25.4 Å². The van der Waals surface area contributed by atoms with Crippen LogP contribution in [0.4, 0.5) is 11.4 Å². The number of methoxy groups -OCH3 is 1. The monoisotopic (exact) mass is 371 g/mol. The number of esters is 1. The van der Waals surface area contributed by atoms with E-state index in [4.69, 9.17) is 4.74 Å². The van der Waals surface area contributed by atoms with E-state index in [2.05, 4.69) is 15.3 Å². The lowest BCUT2D eigenvalue weighted by Gasteiger charge is -2.14. The highest BCUT2D eigenvalue weighted by molar-refractivity contribution is 7.90. The predicted octanol–water partition coefficient (Wildman–Crippen LogP) is 2.87. The predicted molar refractivity (Wildman–Crippen MR) is 98.4 cm³/mol. The largest absolute Gasteiger partial charge is 0.465 e. The number of aromatic nitrogens is 2. The van der Waals surface area contributed by atoms with Gasteiger partial charge in [0.2, 0.25) is 0 Å². The number of hydrogen-bond donors (Lipinski definition) is 1. The van der Waals surface area contributed by atoms with Crippen molar-refractivity contribution in [2.24, 2.45) is 0 Å². The molecule has 0 amide bonds. The molecule has 7 nitrogen and oxygen atoms in total. The number of nitrogens with zero attached hydrogens (tertiary/aromatic N) is 2. The summed E-state index contributed by atoms with van der Waals surface area (Å²) in [4.78, 5) is 20.9. The molecule has 1 aromatic carbocycles. The number of carbonyl (C=O) groups is 1. The van der Waals surface area contributed by atoms with Gasteiger partial charge in [-0.1, -0.05) is 0 Å². The van der Waals surface area contributed by atoms with Gasteiger partial charge in [0.25, 0.3) is 0 Å². The van der Waals surface area contributed by atoms with Gasteiger partial charge in [-0.25, -0.2) is 23.2 Å². The Labute approximate surface area is 151 Å². The zero-order valence-electron chi connectivity index (χ0n) is 14.5. The van der Waals surface area contributed by atoms with Gasteiger partial charge in [-0.15, -0.1) is 0 Å². The number of benzene rings is 1. The molecule has 3 rings (SSSR count). The molecule has 2 aromatic heterocycles. The van der Waals surface area contributed by atoms with E-state index in [0.29, 0.717) is 22.4 Å². The summed E-state index contributed by atoms with van der Waals surface area (Å²) >= 11 is 0. The maximum atomic E-state index is 12.1. The summed E-state index contributed by atoms with van der Waals surface area (Å²) in [6.07, 6.45) is 2.56. The zero-order chi connectivity index (χ0) is 18.9.